The minimum atomic E-state index is -0.311. The predicted octanol–water partition coefficient (Wildman–Crippen LogP) is 3.06. The first-order valence-corrected chi connectivity index (χ1v) is 9.96. The second-order valence-electron chi connectivity index (χ2n) is 7.85. The Hall–Kier alpha value is -2.21. The van der Waals surface area contributed by atoms with E-state index < -0.39 is 0 Å². The Morgan fingerprint density at radius 2 is 2.11 bits per heavy atom. The first-order valence-electron chi connectivity index (χ1n) is 9.96. The Kier molecular flexibility index (Phi) is 5.00. The number of carbonyl (C=O) groups is 1. The highest BCUT2D eigenvalue weighted by Crippen LogP contribution is 2.30. The maximum Gasteiger partial charge on any atom is 0.272 e. The molecule has 5 nitrogen and oxygen atoms in total. The molecule has 2 atom stereocenters. The molecule has 2 unspecified atom stereocenters. The fourth-order valence-corrected chi connectivity index (χ4v) is 4.52. The van der Waals surface area contributed by atoms with Crippen LogP contribution in [0.15, 0.2) is 18.2 Å². The van der Waals surface area contributed by atoms with Crippen LogP contribution in [0.5, 0.6) is 0 Å². The summed E-state index contributed by atoms with van der Waals surface area (Å²) in [7, 11) is 0. The molecule has 3 N–H and O–H groups in total. The van der Waals surface area contributed by atoms with Crippen molar-refractivity contribution in [3.8, 4) is 5.69 Å². The molecule has 1 aromatic carbocycles. The average molecular weight is 370 g/mol. The number of aryl methyl sites for hydroxylation is 1. The molecule has 4 rings (SSSR count). The van der Waals surface area contributed by atoms with E-state index in [1.54, 1.807) is 10.7 Å². The van der Waals surface area contributed by atoms with Gasteiger partial charge >= 0.3 is 0 Å². The molecule has 0 spiro atoms. The highest BCUT2D eigenvalue weighted by molar-refractivity contribution is 5.94. The number of fused-ring (bicyclic) bond motifs is 1. The Bertz CT molecular complexity index is 860. The number of amides is 1. The number of nitrogens with one attached hydrogen (secondary N) is 1. The number of halogens is 1. The van der Waals surface area contributed by atoms with Crippen LogP contribution in [0.4, 0.5) is 4.39 Å². The Morgan fingerprint density at radius 1 is 1.30 bits per heavy atom. The van der Waals surface area contributed by atoms with E-state index in [2.05, 4.69) is 10.4 Å². The van der Waals surface area contributed by atoms with Gasteiger partial charge < -0.3 is 11.1 Å². The maximum atomic E-state index is 14.5. The Morgan fingerprint density at radius 3 is 2.89 bits per heavy atom. The summed E-state index contributed by atoms with van der Waals surface area (Å²) in [6, 6.07) is 5.22. The van der Waals surface area contributed by atoms with Crippen molar-refractivity contribution in [2.45, 2.75) is 57.9 Å². The van der Waals surface area contributed by atoms with E-state index in [0.29, 0.717) is 23.8 Å². The second kappa shape index (κ2) is 7.43. The molecule has 2 aliphatic carbocycles. The lowest BCUT2D eigenvalue weighted by Gasteiger charge is -2.31. The molecule has 0 bridgehead atoms. The zero-order chi connectivity index (χ0) is 19.0. The molecular formula is C21H27FN4O. The zero-order valence-corrected chi connectivity index (χ0v) is 15.8. The smallest absolute Gasteiger partial charge is 0.272 e. The lowest BCUT2D eigenvalue weighted by atomic mass is 9.84. The van der Waals surface area contributed by atoms with Crippen LogP contribution in [-0.2, 0) is 12.8 Å². The van der Waals surface area contributed by atoms with Crippen molar-refractivity contribution in [2.24, 2.45) is 11.7 Å². The third-order valence-corrected chi connectivity index (χ3v) is 6.00. The third kappa shape index (κ3) is 3.38. The van der Waals surface area contributed by atoms with Gasteiger partial charge in [-0.2, -0.15) is 5.10 Å². The molecule has 27 heavy (non-hydrogen) atoms. The number of rotatable bonds is 4. The number of carbonyl (C=O) groups excluding carboxylic acids is 1. The first-order chi connectivity index (χ1) is 13.1. The molecule has 0 saturated heterocycles. The van der Waals surface area contributed by atoms with Crippen LogP contribution in [0, 0.1) is 18.7 Å². The van der Waals surface area contributed by atoms with Crippen LogP contribution in [0.25, 0.3) is 5.69 Å². The zero-order valence-electron chi connectivity index (χ0n) is 15.8. The van der Waals surface area contributed by atoms with Gasteiger partial charge in [-0.05, 0) is 69.2 Å². The van der Waals surface area contributed by atoms with Gasteiger partial charge in [0.25, 0.3) is 5.91 Å². The molecule has 6 heteroatoms. The van der Waals surface area contributed by atoms with Gasteiger partial charge in [-0.25, -0.2) is 9.07 Å². The van der Waals surface area contributed by atoms with E-state index in [1.807, 2.05) is 13.0 Å². The van der Waals surface area contributed by atoms with Gasteiger partial charge in [0, 0.05) is 17.3 Å². The number of nitrogens with two attached hydrogens (primary N) is 1. The fourth-order valence-electron chi connectivity index (χ4n) is 4.52. The summed E-state index contributed by atoms with van der Waals surface area (Å²) < 4.78 is 16.1. The summed E-state index contributed by atoms with van der Waals surface area (Å²) >= 11 is 0. The van der Waals surface area contributed by atoms with Gasteiger partial charge in [0.1, 0.15) is 11.5 Å². The quantitative estimate of drug-likeness (QED) is 0.869. The van der Waals surface area contributed by atoms with Gasteiger partial charge in [-0.3, -0.25) is 4.79 Å². The van der Waals surface area contributed by atoms with Crippen molar-refractivity contribution in [1.82, 2.24) is 15.1 Å². The summed E-state index contributed by atoms with van der Waals surface area (Å²) in [6.07, 6.45) is 6.91. The van der Waals surface area contributed by atoms with Crippen LogP contribution in [0.1, 0.15) is 59.4 Å². The highest BCUT2D eigenvalue weighted by atomic mass is 19.1. The molecular weight excluding hydrogens is 343 g/mol. The second-order valence-corrected chi connectivity index (χ2v) is 7.85. The Labute approximate surface area is 159 Å². The molecule has 1 aromatic heterocycles. The monoisotopic (exact) mass is 370 g/mol. The molecule has 0 radical (unpaired) electrons. The van der Waals surface area contributed by atoms with Crippen molar-refractivity contribution < 1.29 is 9.18 Å². The van der Waals surface area contributed by atoms with Crippen molar-refractivity contribution in [2.75, 3.05) is 6.54 Å². The highest BCUT2D eigenvalue weighted by Gasteiger charge is 2.31. The van der Waals surface area contributed by atoms with Crippen LogP contribution >= 0.6 is 0 Å². The van der Waals surface area contributed by atoms with E-state index in [-0.39, 0.29) is 17.8 Å². The maximum absolute atomic E-state index is 14.5. The van der Waals surface area contributed by atoms with Gasteiger partial charge in [0.2, 0.25) is 0 Å². The predicted molar refractivity (Wildman–Crippen MR) is 103 cm³/mol. The van der Waals surface area contributed by atoms with Crippen molar-refractivity contribution >= 4 is 5.91 Å². The van der Waals surface area contributed by atoms with Crippen LogP contribution < -0.4 is 11.1 Å². The van der Waals surface area contributed by atoms with E-state index >= 15 is 0 Å². The number of hydrogen-bond acceptors (Lipinski definition) is 3. The number of nitrogens with zero attached hydrogens (tertiary/aromatic N) is 2. The molecule has 144 valence electrons. The van der Waals surface area contributed by atoms with Crippen LogP contribution in [0.3, 0.4) is 0 Å². The third-order valence-electron chi connectivity index (χ3n) is 6.00. The SMILES string of the molecule is Cc1ccc(-n2nc(C(=O)NC3CCCCC3CN)c3c2CCC3)c(F)c1. The Balaban J connectivity index is 1.65. The molecule has 1 amide bonds. The van der Waals surface area contributed by atoms with Crippen molar-refractivity contribution in [1.29, 1.82) is 0 Å². The summed E-state index contributed by atoms with van der Waals surface area (Å²) in [5.41, 5.74) is 9.54. The largest absolute Gasteiger partial charge is 0.348 e. The van der Waals surface area contributed by atoms with Crippen molar-refractivity contribution in [3.63, 3.8) is 0 Å². The van der Waals surface area contributed by atoms with Gasteiger partial charge in [-0.1, -0.05) is 18.9 Å². The summed E-state index contributed by atoms with van der Waals surface area (Å²) in [5.74, 6) is -0.133. The topological polar surface area (TPSA) is 72.9 Å². The normalized spacial score (nSPS) is 21.9. The minimum Gasteiger partial charge on any atom is -0.348 e. The van der Waals surface area contributed by atoms with E-state index in [0.717, 1.165) is 55.3 Å². The molecule has 1 fully saturated rings. The average Bonchev–Trinajstić information content (AvgIpc) is 3.25. The van der Waals surface area contributed by atoms with E-state index in [9.17, 15) is 9.18 Å². The van der Waals surface area contributed by atoms with Gasteiger partial charge in [0.15, 0.2) is 5.69 Å². The van der Waals surface area contributed by atoms with Crippen LogP contribution in [-0.4, -0.2) is 28.3 Å². The fraction of sp³-hybridized carbons (Fsp3) is 0.524. The summed E-state index contributed by atoms with van der Waals surface area (Å²) in [5, 5.41) is 7.71. The number of aromatic nitrogens is 2. The molecule has 2 aromatic rings. The van der Waals surface area contributed by atoms with Gasteiger partial charge in [0.05, 0.1) is 0 Å². The lowest BCUT2D eigenvalue weighted by molar-refractivity contribution is 0.0901. The number of hydrogen-bond donors (Lipinski definition) is 2. The molecule has 2 aliphatic rings. The van der Waals surface area contributed by atoms with Crippen LogP contribution in [0.2, 0.25) is 0 Å². The lowest BCUT2D eigenvalue weighted by Crippen LogP contribution is -2.45. The standard InChI is InChI=1S/C21H27FN4O/c1-13-9-10-19(16(22)11-13)26-18-8-4-6-15(18)20(25-26)21(27)24-17-7-3-2-5-14(17)12-23/h9-11,14,17H,2-8,12,23H2,1H3,(H,24,27). The van der Waals surface area contributed by atoms with E-state index in [1.165, 1.54) is 12.5 Å². The van der Waals surface area contributed by atoms with E-state index in [4.69, 9.17) is 5.73 Å². The number of benzene rings is 1. The summed E-state index contributed by atoms with van der Waals surface area (Å²) in [4.78, 5) is 13.0. The minimum absolute atomic E-state index is 0.106. The molecule has 1 saturated carbocycles. The summed E-state index contributed by atoms with van der Waals surface area (Å²) in [6.45, 7) is 2.45. The molecule has 0 aliphatic heterocycles. The van der Waals surface area contributed by atoms with Gasteiger partial charge in [-0.15, -0.1) is 0 Å². The first kappa shape index (κ1) is 18.2. The van der Waals surface area contributed by atoms with Crippen molar-refractivity contribution in [3.05, 3.63) is 46.5 Å². The molecule has 1 heterocycles.